The summed E-state index contributed by atoms with van der Waals surface area (Å²) in [4.78, 5) is 13.9. The van der Waals surface area contributed by atoms with Crippen molar-refractivity contribution >= 4 is 6.16 Å². The van der Waals surface area contributed by atoms with Crippen LogP contribution in [0.15, 0.2) is 35.4 Å². The van der Waals surface area contributed by atoms with Crippen molar-refractivity contribution in [1.82, 2.24) is 0 Å². The van der Waals surface area contributed by atoms with E-state index in [0.717, 1.165) is 5.56 Å². The van der Waals surface area contributed by atoms with Crippen molar-refractivity contribution in [3.8, 4) is 0 Å². The molecule has 0 aromatic heterocycles. The van der Waals surface area contributed by atoms with E-state index in [1.54, 1.807) is 0 Å². The quantitative estimate of drug-likeness (QED) is 0.358. The van der Waals surface area contributed by atoms with Gasteiger partial charge in [-0.15, -0.1) is 0 Å². The van der Waals surface area contributed by atoms with Crippen molar-refractivity contribution in [2.24, 2.45) is 5.11 Å². The molecule has 2 aliphatic rings. The predicted molar refractivity (Wildman–Crippen MR) is 69.0 cm³/mol. The summed E-state index contributed by atoms with van der Waals surface area (Å²) in [6, 6.07) is 9.55. The van der Waals surface area contributed by atoms with E-state index in [4.69, 9.17) is 24.5 Å². The molecule has 110 valence electrons. The smallest absolute Gasteiger partial charge is 0.424 e. The zero-order valence-electron chi connectivity index (χ0n) is 11.0. The minimum atomic E-state index is -0.757. The first-order chi connectivity index (χ1) is 10.3. The van der Waals surface area contributed by atoms with Gasteiger partial charge in [0.1, 0.15) is 6.10 Å². The van der Waals surface area contributed by atoms with Gasteiger partial charge in [0.25, 0.3) is 0 Å². The normalized spacial score (nSPS) is 30.2. The largest absolute Gasteiger partial charge is 0.509 e. The van der Waals surface area contributed by atoms with E-state index >= 15 is 0 Å². The molecule has 0 N–H and O–H groups in total. The molecular weight excluding hydrogens is 278 g/mol. The van der Waals surface area contributed by atoms with Crippen molar-refractivity contribution < 1.29 is 23.7 Å². The maximum atomic E-state index is 11.2. The van der Waals surface area contributed by atoms with Crippen LogP contribution in [0.25, 0.3) is 10.4 Å². The second kappa shape index (κ2) is 6.01. The second-order valence-corrected chi connectivity index (χ2v) is 4.67. The fourth-order valence-electron chi connectivity index (χ4n) is 2.36. The van der Waals surface area contributed by atoms with Crippen LogP contribution in [-0.2, 0) is 25.6 Å². The van der Waals surface area contributed by atoms with Crippen molar-refractivity contribution in [2.75, 3.05) is 6.54 Å². The highest BCUT2D eigenvalue weighted by molar-refractivity contribution is 5.63. The Hall–Kier alpha value is -2.28. The number of carbonyl (C=O) groups is 1. The molecule has 2 fully saturated rings. The average molecular weight is 291 g/mol. The van der Waals surface area contributed by atoms with Gasteiger partial charge in [-0.2, -0.15) is 0 Å². The number of rotatable bonds is 5. The van der Waals surface area contributed by atoms with Gasteiger partial charge in [0.15, 0.2) is 18.5 Å². The molecule has 0 aliphatic carbocycles. The molecule has 8 heteroatoms. The minimum Gasteiger partial charge on any atom is -0.424 e. The summed E-state index contributed by atoms with van der Waals surface area (Å²) in [6.45, 7) is 0.375. The van der Waals surface area contributed by atoms with Crippen LogP contribution in [0.4, 0.5) is 4.79 Å². The van der Waals surface area contributed by atoms with Gasteiger partial charge in [0.2, 0.25) is 0 Å². The third kappa shape index (κ3) is 2.92. The summed E-state index contributed by atoms with van der Waals surface area (Å²) < 4.78 is 21.3. The van der Waals surface area contributed by atoms with E-state index < -0.39 is 30.8 Å². The summed E-state index contributed by atoms with van der Waals surface area (Å²) in [5.74, 6) is 0. The Balaban J connectivity index is 1.64. The number of ether oxygens (including phenoxy) is 4. The summed E-state index contributed by atoms with van der Waals surface area (Å²) in [5.41, 5.74) is 9.34. The number of carbonyl (C=O) groups excluding carboxylic acids is 1. The second-order valence-electron chi connectivity index (χ2n) is 4.67. The molecule has 2 saturated heterocycles. The molecule has 2 aliphatic heterocycles. The Labute approximate surface area is 120 Å². The monoisotopic (exact) mass is 291 g/mol. The first kappa shape index (κ1) is 13.7. The first-order valence-corrected chi connectivity index (χ1v) is 6.47. The molecule has 1 aromatic carbocycles. The molecule has 0 amide bonds. The standard InChI is InChI=1S/C13H13N3O5/c14-16-15-6-9-10-11(21-13(17)20-10)12(19-9)18-7-8-4-2-1-3-5-8/h1-5,9-12H,6-7H2/t9?,10-,11-,12-/m1/s1. The van der Waals surface area contributed by atoms with Crippen LogP contribution in [0.5, 0.6) is 0 Å². The van der Waals surface area contributed by atoms with E-state index in [1.165, 1.54) is 0 Å². The Bertz CT molecular complexity index is 560. The Morgan fingerprint density at radius 1 is 1.24 bits per heavy atom. The number of nitrogens with zero attached hydrogens (tertiary/aromatic N) is 3. The van der Waals surface area contributed by atoms with Crippen LogP contribution in [0.2, 0.25) is 0 Å². The van der Waals surface area contributed by atoms with E-state index in [9.17, 15) is 4.79 Å². The van der Waals surface area contributed by atoms with Crippen molar-refractivity contribution in [2.45, 2.75) is 31.2 Å². The lowest BCUT2D eigenvalue weighted by Crippen LogP contribution is -2.31. The van der Waals surface area contributed by atoms with Crippen LogP contribution in [-0.4, -0.2) is 37.3 Å². The van der Waals surface area contributed by atoms with E-state index in [1.807, 2.05) is 30.3 Å². The maximum Gasteiger partial charge on any atom is 0.509 e. The SMILES string of the molecule is [N-]=[N+]=NCC1O[C@@H](OCc2ccccc2)[C@@H]2OC(=O)O[C@H]12. The summed E-state index contributed by atoms with van der Waals surface area (Å²) in [6.07, 6.45) is -3.30. The molecule has 3 rings (SSSR count). The summed E-state index contributed by atoms with van der Waals surface area (Å²) in [5, 5.41) is 3.45. The lowest BCUT2D eigenvalue weighted by Gasteiger charge is -2.16. The lowest BCUT2D eigenvalue weighted by atomic mass is 10.1. The highest BCUT2D eigenvalue weighted by atomic mass is 16.8. The van der Waals surface area contributed by atoms with Crippen LogP contribution in [0.1, 0.15) is 5.56 Å². The van der Waals surface area contributed by atoms with Crippen LogP contribution in [0.3, 0.4) is 0 Å². The number of hydrogen-bond acceptors (Lipinski definition) is 6. The average Bonchev–Trinajstić information content (AvgIpc) is 3.02. The number of fused-ring (bicyclic) bond motifs is 1. The molecule has 0 saturated carbocycles. The van der Waals surface area contributed by atoms with Crippen molar-refractivity contribution in [3.63, 3.8) is 0 Å². The fraction of sp³-hybridized carbons (Fsp3) is 0.462. The van der Waals surface area contributed by atoms with Gasteiger partial charge in [0.05, 0.1) is 13.2 Å². The molecular formula is C13H13N3O5. The lowest BCUT2D eigenvalue weighted by molar-refractivity contribution is -0.171. The maximum absolute atomic E-state index is 11.2. The Morgan fingerprint density at radius 2 is 2.00 bits per heavy atom. The zero-order valence-corrected chi connectivity index (χ0v) is 11.0. The van der Waals surface area contributed by atoms with E-state index in [-0.39, 0.29) is 6.54 Å². The molecule has 0 radical (unpaired) electrons. The molecule has 2 heterocycles. The molecule has 21 heavy (non-hydrogen) atoms. The summed E-state index contributed by atoms with van der Waals surface area (Å²) >= 11 is 0. The van der Waals surface area contributed by atoms with Crippen molar-refractivity contribution in [3.05, 3.63) is 46.3 Å². The third-order valence-electron chi connectivity index (χ3n) is 3.31. The highest BCUT2D eigenvalue weighted by Gasteiger charge is 2.54. The minimum absolute atomic E-state index is 0.0551. The molecule has 1 aromatic rings. The predicted octanol–water partition coefficient (Wildman–Crippen LogP) is 2.14. The fourth-order valence-corrected chi connectivity index (χ4v) is 2.36. The number of hydrogen-bond donors (Lipinski definition) is 0. The Kier molecular flexibility index (Phi) is 3.92. The van der Waals surface area contributed by atoms with Crippen molar-refractivity contribution in [1.29, 1.82) is 0 Å². The van der Waals surface area contributed by atoms with Gasteiger partial charge in [-0.05, 0) is 11.1 Å². The highest BCUT2D eigenvalue weighted by Crippen LogP contribution is 2.33. The van der Waals surface area contributed by atoms with Crippen LogP contribution in [0, 0.1) is 0 Å². The number of azide groups is 1. The topological polar surface area (TPSA) is 103 Å². The van der Waals surface area contributed by atoms with Crippen LogP contribution < -0.4 is 0 Å². The van der Waals surface area contributed by atoms with Gasteiger partial charge in [0, 0.05) is 4.91 Å². The summed E-state index contributed by atoms with van der Waals surface area (Å²) in [7, 11) is 0. The van der Waals surface area contributed by atoms with Gasteiger partial charge in [-0.25, -0.2) is 4.79 Å². The van der Waals surface area contributed by atoms with E-state index in [2.05, 4.69) is 10.0 Å². The van der Waals surface area contributed by atoms with Gasteiger partial charge >= 0.3 is 6.16 Å². The molecule has 1 unspecified atom stereocenters. The molecule has 8 nitrogen and oxygen atoms in total. The number of benzene rings is 1. The Morgan fingerprint density at radius 3 is 2.76 bits per heavy atom. The van der Waals surface area contributed by atoms with Gasteiger partial charge in [-0.1, -0.05) is 35.4 Å². The van der Waals surface area contributed by atoms with Gasteiger partial charge < -0.3 is 18.9 Å². The van der Waals surface area contributed by atoms with Crippen LogP contribution >= 0.6 is 0 Å². The zero-order chi connectivity index (χ0) is 14.7. The molecule has 0 spiro atoms. The first-order valence-electron chi connectivity index (χ1n) is 6.47. The van der Waals surface area contributed by atoms with Gasteiger partial charge in [-0.3, -0.25) is 0 Å². The third-order valence-corrected chi connectivity index (χ3v) is 3.31. The molecule has 0 bridgehead atoms. The molecule has 4 atom stereocenters. The van der Waals surface area contributed by atoms with E-state index in [0.29, 0.717) is 6.61 Å².